The predicted octanol–water partition coefficient (Wildman–Crippen LogP) is 2.97. The number of hydrogen-bond acceptors (Lipinski definition) is 2. The lowest BCUT2D eigenvalue weighted by atomic mass is 10.0. The monoisotopic (exact) mass is 263 g/mol. The molecule has 0 aliphatic carbocycles. The van der Waals surface area contributed by atoms with Gasteiger partial charge in [-0.3, -0.25) is 14.0 Å². The number of halogens is 1. The van der Waals surface area contributed by atoms with Gasteiger partial charge < -0.3 is 4.90 Å². The normalized spacial score (nSPS) is 14.2. The molecule has 0 saturated heterocycles. The lowest BCUT2D eigenvalue weighted by Crippen LogP contribution is -2.31. The number of ketones is 1. The van der Waals surface area contributed by atoms with Crippen LogP contribution in [0.25, 0.3) is 0 Å². The molecule has 3 nitrogen and oxygen atoms in total. The average molecular weight is 263 g/mol. The molecule has 1 heterocycles. The van der Waals surface area contributed by atoms with Gasteiger partial charge in [0.25, 0.3) is 11.7 Å². The number of carbonyl (C=O) groups excluding carboxylic acids is 2. The zero-order valence-electron chi connectivity index (χ0n) is 11.3. The summed E-state index contributed by atoms with van der Waals surface area (Å²) < 4.78 is 12.0. The van der Waals surface area contributed by atoms with Crippen LogP contribution in [0, 0.1) is 13.8 Å². The topological polar surface area (TPSA) is 37.4 Å². The largest absolute Gasteiger partial charge is 0.304 e. The number of anilines is 1. The Morgan fingerprint density at radius 1 is 1.11 bits per heavy atom. The molecule has 0 spiro atoms. The van der Waals surface area contributed by atoms with E-state index < -0.39 is 11.7 Å². The standard InChI is InChI=1S/C15H18FNO2/c1-10-8-11(2)13-12(9-10)14(18)15(19)17(13)7-5-3-4-6-16/h8-9H,3-7H2,1-2H3. The molecule has 4 heteroatoms. The molecule has 1 aliphatic heterocycles. The van der Waals surface area contributed by atoms with Gasteiger partial charge >= 0.3 is 0 Å². The number of amides is 1. The Kier molecular flexibility index (Phi) is 3.98. The fraction of sp³-hybridized carbons (Fsp3) is 0.467. The van der Waals surface area contributed by atoms with Gasteiger partial charge in [-0.2, -0.15) is 0 Å². The Hall–Kier alpha value is -1.71. The summed E-state index contributed by atoms with van der Waals surface area (Å²) in [6.45, 7) is 3.98. The van der Waals surface area contributed by atoms with Crippen LogP contribution >= 0.6 is 0 Å². The first-order valence-corrected chi connectivity index (χ1v) is 6.59. The Balaban J connectivity index is 2.23. The molecule has 0 aromatic heterocycles. The smallest absolute Gasteiger partial charge is 0.299 e. The number of alkyl halides is 1. The first-order chi connectivity index (χ1) is 9.06. The van der Waals surface area contributed by atoms with Crippen LogP contribution in [0.5, 0.6) is 0 Å². The van der Waals surface area contributed by atoms with Crippen molar-refractivity contribution in [3.63, 3.8) is 0 Å². The van der Waals surface area contributed by atoms with Gasteiger partial charge in [-0.05, 0) is 50.3 Å². The average Bonchev–Trinajstić information content (AvgIpc) is 2.60. The molecule has 1 aliphatic rings. The molecule has 19 heavy (non-hydrogen) atoms. The maximum Gasteiger partial charge on any atom is 0.299 e. The van der Waals surface area contributed by atoms with E-state index >= 15 is 0 Å². The second kappa shape index (κ2) is 5.51. The number of nitrogens with zero attached hydrogens (tertiary/aromatic N) is 1. The highest BCUT2D eigenvalue weighted by Gasteiger charge is 2.36. The number of carbonyl (C=O) groups is 2. The maximum atomic E-state index is 12.0. The summed E-state index contributed by atoms with van der Waals surface area (Å²) in [6, 6.07) is 3.74. The highest BCUT2D eigenvalue weighted by atomic mass is 19.1. The Bertz CT molecular complexity index is 525. The summed E-state index contributed by atoms with van der Waals surface area (Å²) in [6.07, 6.45) is 1.96. The molecular formula is C15H18FNO2. The first kappa shape index (κ1) is 13.7. The molecule has 0 bridgehead atoms. The van der Waals surface area contributed by atoms with Crippen molar-refractivity contribution in [1.29, 1.82) is 0 Å². The van der Waals surface area contributed by atoms with Gasteiger partial charge in [0.1, 0.15) is 0 Å². The van der Waals surface area contributed by atoms with Crippen molar-refractivity contribution in [2.75, 3.05) is 18.1 Å². The summed E-state index contributed by atoms with van der Waals surface area (Å²) in [7, 11) is 0. The van der Waals surface area contributed by atoms with Gasteiger partial charge in [0, 0.05) is 6.54 Å². The lowest BCUT2D eigenvalue weighted by Gasteiger charge is -2.18. The van der Waals surface area contributed by atoms with Crippen molar-refractivity contribution < 1.29 is 14.0 Å². The van der Waals surface area contributed by atoms with E-state index in [9.17, 15) is 14.0 Å². The second-order valence-corrected chi connectivity index (χ2v) is 5.01. The van der Waals surface area contributed by atoms with Crippen LogP contribution < -0.4 is 4.90 Å². The quantitative estimate of drug-likeness (QED) is 0.605. The number of unbranched alkanes of at least 4 members (excludes halogenated alkanes) is 2. The summed E-state index contributed by atoms with van der Waals surface area (Å²) in [4.78, 5) is 25.5. The fourth-order valence-corrected chi connectivity index (χ4v) is 2.59. The van der Waals surface area contributed by atoms with Gasteiger partial charge in [0.2, 0.25) is 0 Å². The van der Waals surface area contributed by atoms with Crippen molar-refractivity contribution >= 4 is 17.4 Å². The minimum atomic E-state index is -0.455. The van der Waals surface area contributed by atoms with Gasteiger partial charge in [0.05, 0.1) is 17.9 Å². The zero-order valence-corrected chi connectivity index (χ0v) is 11.3. The molecule has 1 aromatic rings. The number of hydrogen-bond donors (Lipinski definition) is 0. The van der Waals surface area contributed by atoms with E-state index in [4.69, 9.17) is 0 Å². The third-order valence-electron chi connectivity index (χ3n) is 3.41. The van der Waals surface area contributed by atoms with E-state index in [-0.39, 0.29) is 6.67 Å². The summed E-state index contributed by atoms with van der Waals surface area (Å²) in [5.74, 6) is -0.878. The van der Waals surface area contributed by atoms with Crippen molar-refractivity contribution in [2.24, 2.45) is 0 Å². The van der Waals surface area contributed by atoms with E-state index in [1.165, 1.54) is 0 Å². The van der Waals surface area contributed by atoms with E-state index in [0.29, 0.717) is 18.5 Å². The van der Waals surface area contributed by atoms with Crippen molar-refractivity contribution in [3.05, 3.63) is 28.8 Å². The SMILES string of the molecule is Cc1cc(C)c2c(c1)C(=O)C(=O)N2CCCCCF. The van der Waals surface area contributed by atoms with E-state index in [0.717, 1.165) is 29.7 Å². The molecule has 0 fully saturated rings. The maximum absolute atomic E-state index is 12.0. The van der Waals surface area contributed by atoms with Gasteiger partial charge in [-0.1, -0.05) is 6.07 Å². The Morgan fingerprint density at radius 3 is 2.53 bits per heavy atom. The van der Waals surface area contributed by atoms with Gasteiger partial charge in [-0.25, -0.2) is 0 Å². The molecule has 2 rings (SSSR count). The summed E-state index contributed by atoms with van der Waals surface area (Å²) in [5.41, 5.74) is 3.17. The van der Waals surface area contributed by atoms with Gasteiger partial charge in [0.15, 0.2) is 0 Å². The number of rotatable bonds is 5. The minimum Gasteiger partial charge on any atom is -0.304 e. The third-order valence-corrected chi connectivity index (χ3v) is 3.41. The van der Waals surface area contributed by atoms with Crippen LogP contribution in [-0.4, -0.2) is 24.9 Å². The Labute approximate surface area is 112 Å². The molecular weight excluding hydrogens is 245 g/mol. The lowest BCUT2D eigenvalue weighted by molar-refractivity contribution is -0.114. The van der Waals surface area contributed by atoms with Crippen molar-refractivity contribution in [3.8, 4) is 0 Å². The molecule has 1 amide bonds. The van der Waals surface area contributed by atoms with Crippen molar-refractivity contribution in [1.82, 2.24) is 0 Å². The molecule has 0 saturated carbocycles. The van der Waals surface area contributed by atoms with E-state index in [1.807, 2.05) is 19.9 Å². The van der Waals surface area contributed by atoms with Crippen LogP contribution in [0.2, 0.25) is 0 Å². The van der Waals surface area contributed by atoms with Crippen molar-refractivity contribution in [2.45, 2.75) is 33.1 Å². The second-order valence-electron chi connectivity index (χ2n) is 5.01. The summed E-state index contributed by atoms with van der Waals surface area (Å²) >= 11 is 0. The minimum absolute atomic E-state index is 0.332. The highest BCUT2D eigenvalue weighted by Crippen LogP contribution is 2.33. The molecule has 0 N–H and O–H groups in total. The molecule has 1 aromatic carbocycles. The van der Waals surface area contributed by atoms with Crippen LogP contribution in [0.4, 0.5) is 10.1 Å². The van der Waals surface area contributed by atoms with Crippen LogP contribution in [-0.2, 0) is 4.79 Å². The van der Waals surface area contributed by atoms with Crippen LogP contribution in [0.3, 0.4) is 0 Å². The molecule has 0 atom stereocenters. The predicted molar refractivity (Wildman–Crippen MR) is 72.4 cm³/mol. The van der Waals surface area contributed by atoms with E-state index in [2.05, 4.69) is 0 Å². The molecule has 0 unspecified atom stereocenters. The molecule has 102 valence electrons. The molecule has 0 radical (unpaired) electrons. The van der Waals surface area contributed by atoms with Crippen LogP contribution in [0.1, 0.15) is 40.7 Å². The third kappa shape index (κ3) is 2.53. The number of fused-ring (bicyclic) bond motifs is 1. The zero-order chi connectivity index (χ0) is 14.0. The summed E-state index contributed by atoms with van der Waals surface area (Å²) in [5, 5.41) is 0. The Morgan fingerprint density at radius 2 is 1.84 bits per heavy atom. The fourth-order valence-electron chi connectivity index (χ4n) is 2.59. The number of benzene rings is 1. The highest BCUT2D eigenvalue weighted by molar-refractivity contribution is 6.52. The van der Waals surface area contributed by atoms with Gasteiger partial charge in [-0.15, -0.1) is 0 Å². The number of Topliss-reactive ketones (excluding diaryl/α,β-unsaturated/α-hetero) is 1. The van der Waals surface area contributed by atoms with Crippen LogP contribution in [0.15, 0.2) is 12.1 Å². The number of aryl methyl sites for hydroxylation is 2. The first-order valence-electron chi connectivity index (χ1n) is 6.59. The van der Waals surface area contributed by atoms with E-state index in [1.54, 1.807) is 11.0 Å².